The summed E-state index contributed by atoms with van der Waals surface area (Å²) in [5.41, 5.74) is 0. The van der Waals surface area contributed by atoms with Gasteiger partial charge in [-0.1, -0.05) is 19.8 Å². The van der Waals surface area contributed by atoms with Crippen LogP contribution in [0.15, 0.2) is 0 Å². The summed E-state index contributed by atoms with van der Waals surface area (Å²) in [6.45, 7) is 1.83. The van der Waals surface area contributed by atoms with E-state index in [-0.39, 0.29) is 19.8 Å². The molecule has 9 heteroatoms. The van der Waals surface area contributed by atoms with Crippen molar-refractivity contribution in [1.29, 1.82) is 0 Å². The van der Waals surface area contributed by atoms with Crippen LogP contribution in [-0.4, -0.2) is 65.2 Å². The molecule has 0 aromatic rings. The first-order valence-electron chi connectivity index (χ1n) is 6.57. The first kappa shape index (κ1) is 19.9. The van der Waals surface area contributed by atoms with Crippen LogP contribution in [0.2, 0.25) is 0 Å². The van der Waals surface area contributed by atoms with Crippen LogP contribution < -0.4 is 0 Å². The van der Waals surface area contributed by atoms with E-state index in [4.69, 9.17) is 24.4 Å². The zero-order chi connectivity index (χ0) is 15.4. The molecule has 0 aliphatic rings. The number of hydrogen-bond acceptors (Lipinski definition) is 6. The maximum atomic E-state index is 10.4. The fourth-order valence-electron chi connectivity index (χ4n) is 1.32. The molecule has 0 aromatic carbocycles. The molecule has 2 atom stereocenters. The molecular weight excluding hydrogens is 291 g/mol. The maximum Gasteiger partial charge on any atom is 0.469 e. The minimum absolute atomic E-state index is 0.0929. The SMILES string of the molecule is CCCCCO[C@@H](CO)COC[C@@H](O)COP(=O)(O)O. The normalized spacial score (nSPS) is 15.2. The molecule has 0 aliphatic heterocycles. The van der Waals surface area contributed by atoms with Gasteiger partial charge >= 0.3 is 7.82 Å². The molecule has 0 fully saturated rings. The third-order valence-corrected chi connectivity index (χ3v) is 2.84. The Kier molecular flexibility index (Phi) is 11.6. The molecule has 122 valence electrons. The number of aliphatic hydroxyl groups excluding tert-OH is 2. The summed E-state index contributed by atoms with van der Waals surface area (Å²) in [5.74, 6) is 0. The highest BCUT2D eigenvalue weighted by atomic mass is 31.2. The van der Waals surface area contributed by atoms with Gasteiger partial charge in [-0.25, -0.2) is 4.57 Å². The third-order valence-electron chi connectivity index (χ3n) is 2.35. The van der Waals surface area contributed by atoms with E-state index in [1.54, 1.807) is 0 Å². The highest BCUT2D eigenvalue weighted by Crippen LogP contribution is 2.35. The average Bonchev–Trinajstić information content (AvgIpc) is 2.38. The Hall–Kier alpha value is -0.0500. The molecule has 0 saturated heterocycles. The van der Waals surface area contributed by atoms with Crippen molar-refractivity contribution >= 4 is 7.82 Å². The fourth-order valence-corrected chi connectivity index (χ4v) is 1.69. The zero-order valence-electron chi connectivity index (χ0n) is 11.7. The van der Waals surface area contributed by atoms with Gasteiger partial charge < -0.3 is 29.5 Å². The number of phosphoric ester groups is 1. The minimum atomic E-state index is -4.58. The molecule has 0 aromatic heterocycles. The quantitative estimate of drug-likeness (QED) is 0.277. The summed E-state index contributed by atoms with van der Waals surface area (Å²) in [7, 11) is -4.58. The second-order valence-corrected chi connectivity index (χ2v) is 5.60. The van der Waals surface area contributed by atoms with Gasteiger partial charge in [-0.05, 0) is 6.42 Å². The summed E-state index contributed by atoms with van der Waals surface area (Å²) < 4.78 is 25.0. The van der Waals surface area contributed by atoms with Crippen molar-refractivity contribution in [2.24, 2.45) is 0 Å². The first-order chi connectivity index (χ1) is 9.39. The van der Waals surface area contributed by atoms with Crippen molar-refractivity contribution < 1.29 is 38.6 Å². The molecule has 8 nitrogen and oxygen atoms in total. The van der Waals surface area contributed by atoms with Crippen LogP contribution in [-0.2, 0) is 18.6 Å². The Labute approximate surface area is 118 Å². The van der Waals surface area contributed by atoms with Gasteiger partial charge in [0.1, 0.15) is 12.2 Å². The van der Waals surface area contributed by atoms with Gasteiger partial charge in [0.05, 0.1) is 26.4 Å². The number of aliphatic hydroxyl groups is 2. The lowest BCUT2D eigenvalue weighted by Gasteiger charge is -2.17. The maximum absolute atomic E-state index is 10.4. The highest BCUT2D eigenvalue weighted by Gasteiger charge is 2.17. The van der Waals surface area contributed by atoms with Crippen molar-refractivity contribution in [3.05, 3.63) is 0 Å². The predicted octanol–water partition coefficient (Wildman–Crippen LogP) is 0.0409. The van der Waals surface area contributed by atoms with Gasteiger partial charge in [0.2, 0.25) is 0 Å². The summed E-state index contributed by atoms with van der Waals surface area (Å²) in [6, 6.07) is 0. The summed E-state index contributed by atoms with van der Waals surface area (Å²) >= 11 is 0. The predicted molar refractivity (Wildman–Crippen MR) is 71.2 cm³/mol. The molecule has 0 heterocycles. The molecule has 0 aliphatic carbocycles. The van der Waals surface area contributed by atoms with E-state index in [2.05, 4.69) is 11.4 Å². The second kappa shape index (κ2) is 11.6. The van der Waals surface area contributed by atoms with Gasteiger partial charge in [0.15, 0.2) is 0 Å². The van der Waals surface area contributed by atoms with E-state index in [0.29, 0.717) is 6.61 Å². The van der Waals surface area contributed by atoms with Gasteiger partial charge in [-0.2, -0.15) is 0 Å². The lowest BCUT2D eigenvalue weighted by Crippen LogP contribution is -2.28. The van der Waals surface area contributed by atoms with Gasteiger partial charge in [-0.15, -0.1) is 0 Å². The van der Waals surface area contributed by atoms with E-state index >= 15 is 0 Å². The number of rotatable bonds is 13. The van der Waals surface area contributed by atoms with Crippen LogP contribution in [0.4, 0.5) is 0 Å². The van der Waals surface area contributed by atoms with Crippen molar-refractivity contribution in [1.82, 2.24) is 0 Å². The van der Waals surface area contributed by atoms with Crippen LogP contribution in [0.3, 0.4) is 0 Å². The Bertz CT molecular complexity index is 269. The van der Waals surface area contributed by atoms with Crippen LogP contribution in [0.1, 0.15) is 26.2 Å². The largest absolute Gasteiger partial charge is 0.469 e. The van der Waals surface area contributed by atoms with E-state index in [1.807, 2.05) is 0 Å². The lowest BCUT2D eigenvalue weighted by atomic mass is 10.3. The van der Waals surface area contributed by atoms with Crippen LogP contribution in [0.25, 0.3) is 0 Å². The fraction of sp³-hybridized carbons (Fsp3) is 1.00. The van der Waals surface area contributed by atoms with Gasteiger partial charge in [0, 0.05) is 6.61 Å². The number of hydrogen-bond donors (Lipinski definition) is 4. The van der Waals surface area contributed by atoms with Crippen LogP contribution in [0, 0.1) is 0 Å². The Morgan fingerprint density at radius 1 is 1.15 bits per heavy atom. The molecule has 0 saturated carbocycles. The molecule has 4 N–H and O–H groups in total. The Morgan fingerprint density at radius 3 is 2.40 bits per heavy atom. The summed E-state index contributed by atoms with van der Waals surface area (Å²) in [4.78, 5) is 16.9. The van der Waals surface area contributed by atoms with Crippen LogP contribution in [0.5, 0.6) is 0 Å². The van der Waals surface area contributed by atoms with Gasteiger partial charge in [-0.3, -0.25) is 4.52 Å². The van der Waals surface area contributed by atoms with Gasteiger partial charge in [0.25, 0.3) is 0 Å². The molecule has 0 bridgehead atoms. The molecule has 20 heavy (non-hydrogen) atoms. The van der Waals surface area contributed by atoms with E-state index in [0.717, 1.165) is 19.3 Å². The minimum Gasteiger partial charge on any atom is -0.394 e. The molecule has 0 spiro atoms. The molecule has 0 rings (SSSR count). The zero-order valence-corrected chi connectivity index (χ0v) is 12.6. The highest BCUT2D eigenvalue weighted by molar-refractivity contribution is 7.46. The van der Waals surface area contributed by atoms with Crippen molar-refractivity contribution in [2.75, 3.05) is 33.0 Å². The van der Waals surface area contributed by atoms with E-state index < -0.39 is 26.6 Å². The average molecular weight is 316 g/mol. The number of unbranched alkanes of at least 4 members (excludes halogenated alkanes) is 2. The molecule has 0 unspecified atom stereocenters. The third kappa shape index (κ3) is 13.0. The van der Waals surface area contributed by atoms with E-state index in [9.17, 15) is 9.67 Å². The Morgan fingerprint density at radius 2 is 1.85 bits per heavy atom. The van der Waals surface area contributed by atoms with Crippen LogP contribution >= 0.6 is 7.82 Å². The molecule has 0 amide bonds. The first-order valence-corrected chi connectivity index (χ1v) is 8.10. The number of phosphoric acid groups is 1. The number of ether oxygens (including phenoxy) is 2. The Balaban J connectivity index is 3.65. The topological polar surface area (TPSA) is 126 Å². The standard InChI is InChI=1S/C11H25O8P/c1-2-3-4-5-18-11(6-12)9-17-7-10(13)8-19-20(14,15)16/h10-13H,2-9H2,1H3,(H2,14,15,16)/t10-,11+/m1/s1. The molecule has 0 radical (unpaired) electrons. The van der Waals surface area contributed by atoms with Crippen molar-refractivity contribution in [3.8, 4) is 0 Å². The molecular formula is C11H25O8P. The summed E-state index contributed by atoms with van der Waals surface area (Å²) in [5, 5.41) is 18.4. The lowest BCUT2D eigenvalue weighted by molar-refractivity contribution is -0.0645. The smallest absolute Gasteiger partial charge is 0.394 e. The monoisotopic (exact) mass is 316 g/mol. The van der Waals surface area contributed by atoms with Crippen molar-refractivity contribution in [2.45, 2.75) is 38.4 Å². The van der Waals surface area contributed by atoms with Crippen molar-refractivity contribution in [3.63, 3.8) is 0 Å². The second-order valence-electron chi connectivity index (χ2n) is 4.36. The summed E-state index contributed by atoms with van der Waals surface area (Å²) in [6.07, 6.45) is 1.42. The van der Waals surface area contributed by atoms with E-state index in [1.165, 1.54) is 0 Å².